The van der Waals surface area contributed by atoms with E-state index in [2.05, 4.69) is 15.6 Å². The number of nitrogens with zero attached hydrogens (tertiary/aromatic N) is 1. The Morgan fingerprint density at radius 1 is 0.927 bits per heavy atom. The van der Waals surface area contributed by atoms with Gasteiger partial charge in [-0.3, -0.25) is 9.59 Å². The first-order valence-corrected chi connectivity index (χ1v) is 14.3. The van der Waals surface area contributed by atoms with Gasteiger partial charge in [-0.25, -0.2) is 9.78 Å². The summed E-state index contributed by atoms with van der Waals surface area (Å²) in [7, 11) is 1.60. The summed E-state index contributed by atoms with van der Waals surface area (Å²) in [6.45, 7) is 1.80. The third kappa shape index (κ3) is 6.24. The second-order valence-electron chi connectivity index (χ2n) is 8.98. The molecule has 206 valence electrons. The Bertz CT molecular complexity index is 1760. The predicted octanol–water partition coefficient (Wildman–Crippen LogP) is 7.04. The molecule has 1 aromatic heterocycles. The summed E-state index contributed by atoms with van der Waals surface area (Å²) in [6, 6.07) is 24.7. The highest BCUT2D eigenvalue weighted by Gasteiger charge is 2.19. The molecule has 0 radical (unpaired) electrons. The van der Waals surface area contributed by atoms with E-state index in [9.17, 15) is 19.5 Å². The van der Waals surface area contributed by atoms with E-state index in [0.717, 1.165) is 10.5 Å². The van der Waals surface area contributed by atoms with Gasteiger partial charge in [-0.05, 0) is 54.8 Å². The quantitative estimate of drug-likeness (QED) is 0.159. The number of carbonyl (C=O) groups excluding carboxylic acids is 2. The Morgan fingerprint density at radius 3 is 2.41 bits per heavy atom. The number of fused-ring (bicyclic) bond motifs is 1. The third-order valence-corrected chi connectivity index (χ3v) is 8.12. The molecule has 4 aromatic carbocycles. The van der Waals surface area contributed by atoms with Gasteiger partial charge in [0.15, 0.2) is 5.13 Å². The largest absolute Gasteiger partial charge is 0.496 e. The lowest BCUT2D eigenvalue weighted by atomic mass is 9.98. The lowest BCUT2D eigenvalue weighted by Gasteiger charge is -2.13. The number of hydrogen-bond donors (Lipinski definition) is 3. The van der Waals surface area contributed by atoms with Crippen LogP contribution in [0.4, 0.5) is 10.8 Å². The highest BCUT2D eigenvalue weighted by Crippen LogP contribution is 2.33. The molecule has 0 saturated heterocycles. The summed E-state index contributed by atoms with van der Waals surface area (Å²) in [4.78, 5) is 43.3. The van der Waals surface area contributed by atoms with Gasteiger partial charge in [0.25, 0.3) is 5.91 Å². The van der Waals surface area contributed by atoms with Crippen LogP contribution < -0.4 is 15.4 Å². The van der Waals surface area contributed by atoms with Gasteiger partial charge < -0.3 is 20.5 Å². The summed E-state index contributed by atoms with van der Waals surface area (Å²) in [6.07, 6.45) is 0. The number of methoxy groups -OCH3 is 1. The van der Waals surface area contributed by atoms with E-state index in [1.807, 2.05) is 35.7 Å². The second kappa shape index (κ2) is 12.2. The van der Waals surface area contributed by atoms with E-state index in [1.54, 1.807) is 62.6 Å². The van der Waals surface area contributed by atoms with Crippen LogP contribution in [0.25, 0.3) is 22.0 Å². The monoisotopic (exact) mass is 583 g/mol. The molecule has 1 atom stereocenters. The van der Waals surface area contributed by atoms with Crippen LogP contribution in [0.1, 0.15) is 27.6 Å². The molecule has 1 heterocycles. The normalized spacial score (nSPS) is 11.6. The maximum Gasteiger partial charge on any atom is 0.336 e. The van der Waals surface area contributed by atoms with Crippen LogP contribution in [0.3, 0.4) is 0 Å². The number of ether oxygens (including phenoxy) is 1. The van der Waals surface area contributed by atoms with Crippen LogP contribution in [0.5, 0.6) is 5.75 Å². The first-order valence-electron chi connectivity index (χ1n) is 12.6. The number of thiazole rings is 1. The van der Waals surface area contributed by atoms with Crippen molar-refractivity contribution >= 4 is 62.5 Å². The molecule has 0 spiro atoms. The Labute approximate surface area is 244 Å². The lowest BCUT2D eigenvalue weighted by molar-refractivity contribution is -0.115. The summed E-state index contributed by atoms with van der Waals surface area (Å²) in [5.41, 5.74) is 2.41. The average Bonchev–Trinajstić information content (AvgIpc) is 3.44. The number of amides is 2. The topological polar surface area (TPSA) is 118 Å². The number of rotatable bonds is 9. The minimum atomic E-state index is -1.10. The molecule has 0 aliphatic carbocycles. The fraction of sp³-hybridized carbons (Fsp3) is 0.0968. The van der Waals surface area contributed by atoms with Gasteiger partial charge in [0.05, 0.1) is 23.6 Å². The standard InChI is InChI=1S/C31H25N3O5S2/c1-18(28(35)34-31-33-25(17-40-31)22-12-3-4-15-26(22)39-2)41-21-11-7-10-20(16-21)32-29(36)23-13-5-8-19-9-6-14-24(27(19)23)30(37)38/h3-18H,1-2H3,(H,32,36)(H,37,38)(H,33,34,35). The van der Waals surface area contributed by atoms with Gasteiger partial charge in [0.1, 0.15) is 5.75 Å². The first kappa shape index (κ1) is 27.9. The van der Waals surface area contributed by atoms with Crippen LogP contribution >= 0.6 is 23.1 Å². The zero-order valence-corrected chi connectivity index (χ0v) is 23.7. The maximum atomic E-state index is 13.2. The van der Waals surface area contributed by atoms with E-state index in [4.69, 9.17) is 4.74 Å². The summed E-state index contributed by atoms with van der Waals surface area (Å²) in [5.74, 6) is -1.03. The van der Waals surface area contributed by atoms with Crippen molar-refractivity contribution in [3.8, 4) is 17.0 Å². The van der Waals surface area contributed by atoms with Crippen molar-refractivity contribution in [1.29, 1.82) is 0 Å². The van der Waals surface area contributed by atoms with Gasteiger partial charge in [-0.1, -0.05) is 42.5 Å². The van der Waals surface area contributed by atoms with E-state index in [0.29, 0.717) is 33.0 Å². The molecule has 0 fully saturated rings. The van der Waals surface area contributed by atoms with E-state index in [1.165, 1.54) is 29.2 Å². The minimum absolute atomic E-state index is 0.0626. The van der Waals surface area contributed by atoms with Crippen LogP contribution in [0, 0.1) is 0 Å². The molecule has 0 saturated carbocycles. The molecule has 8 nitrogen and oxygen atoms in total. The third-order valence-electron chi connectivity index (χ3n) is 6.27. The number of nitrogens with one attached hydrogen (secondary N) is 2. The van der Waals surface area contributed by atoms with Crippen molar-refractivity contribution < 1.29 is 24.2 Å². The van der Waals surface area contributed by atoms with Crippen LogP contribution in [0.15, 0.2) is 95.2 Å². The number of carboxylic acid groups (broad SMARTS) is 1. The smallest absolute Gasteiger partial charge is 0.336 e. The Balaban J connectivity index is 1.26. The van der Waals surface area contributed by atoms with Crippen LogP contribution in [-0.2, 0) is 4.79 Å². The minimum Gasteiger partial charge on any atom is -0.496 e. The zero-order chi connectivity index (χ0) is 28.9. The Morgan fingerprint density at radius 2 is 1.66 bits per heavy atom. The molecular weight excluding hydrogens is 558 g/mol. The van der Waals surface area contributed by atoms with Gasteiger partial charge >= 0.3 is 5.97 Å². The fourth-order valence-corrected chi connectivity index (χ4v) is 5.97. The van der Waals surface area contributed by atoms with Crippen molar-refractivity contribution in [2.45, 2.75) is 17.1 Å². The number of carboxylic acids is 1. The fourth-order valence-electron chi connectivity index (χ4n) is 4.33. The maximum absolute atomic E-state index is 13.2. The van der Waals surface area contributed by atoms with Crippen molar-refractivity contribution in [2.24, 2.45) is 0 Å². The molecule has 2 amide bonds. The van der Waals surface area contributed by atoms with Crippen LogP contribution in [0.2, 0.25) is 0 Å². The highest BCUT2D eigenvalue weighted by molar-refractivity contribution is 8.00. The summed E-state index contributed by atoms with van der Waals surface area (Å²) in [5, 5.41) is 18.3. The number of thioether (sulfide) groups is 1. The Kier molecular flexibility index (Phi) is 8.32. The SMILES string of the molecule is COc1ccccc1-c1csc(NC(=O)C(C)Sc2cccc(NC(=O)c3cccc4cccc(C(=O)O)c34)c2)n1. The van der Waals surface area contributed by atoms with E-state index < -0.39 is 17.1 Å². The summed E-state index contributed by atoms with van der Waals surface area (Å²) < 4.78 is 5.41. The molecule has 0 bridgehead atoms. The van der Waals surface area contributed by atoms with E-state index in [-0.39, 0.29) is 17.0 Å². The van der Waals surface area contributed by atoms with Crippen molar-refractivity contribution in [3.63, 3.8) is 0 Å². The van der Waals surface area contributed by atoms with Crippen LogP contribution in [-0.4, -0.2) is 40.2 Å². The molecule has 3 N–H and O–H groups in total. The molecule has 1 unspecified atom stereocenters. The molecule has 0 aliphatic heterocycles. The van der Waals surface area contributed by atoms with Gasteiger partial charge in [0, 0.05) is 32.5 Å². The molecule has 41 heavy (non-hydrogen) atoms. The zero-order valence-electron chi connectivity index (χ0n) is 22.1. The lowest BCUT2D eigenvalue weighted by Crippen LogP contribution is -2.22. The number of anilines is 2. The van der Waals surface area contributed by atoms with E-state index >= 15 is 0 Å². The van der Waals surface area contributed by atoms with Crippen molar-refractivity contribution in [2.75, 3.05) is 17.7 Å². The molecule has 10 heteroatoms. The predicted molar refractivity (Wildman–Crippen MR) is 163 cm³/mol. The molecule has 5 rings (SSSR count). The second-order valence-corrected chi connectivity index (χ2v) is 11.3. The van der Waals surface area contributed by atoms with Crippen molar-refractivity contribution in [1.82, 2.24) is 4.98 Å². The number of benzene rings is 4. The Hall–Kier alpha value is -4.67. The number of aromatic nitrogens is 1. The number of para-hydroxylation sites is 1. The van der Waals surface area contributed by atoms with Gasteiger partial charge in [-0.15, -0.1) is 23.1 Å². The van der Waals surface area contributed by atoms with Gasteiger partial charge in [-0.2, -0.15) is 0 Å². The first-order chi connectivity index (χ1) is 19.8. The number of carbonyl (C=O) groups is 3. The molecule has 5 aromatic rings. The van der Waals surface area contributed by atoms with Gasteiger partial charge in [0.2, 0.25) is 5.91 Å². The average molecular weight is 584 g/mol. The summed E-state index contributed by atoms with van der Waals surface area (Å²) >= 11 is 2.68. The number of aromatic carboxylic acids is 1. The number of hydrogen-bond acceptors (Lipinski definition) is 7. The molecular formula is C31H25N3O5S2. The highest BCUT2D eigenvalue weighted by atomic mass is 32.2. The molecule has 0 aliphatic rings. The van der Waals surface area contributed by atoms with Crippen molar-refractivity contribution in [3.05, 3.63) is 101 Å².